The quantitative estimate of drug-likeness (QED) is 0.680. The highest BCUT2D eigenvalue weighted by Crippen LogP contribution is 2.24. The summed E-state index contributed by atoms with van der Waals surface area (Å²) in [6.07, 6.45) is 5.05. The Labute approximate surface area is 160 Å². The van der Waals surface area contributed by atoms with E-state index < -0.39 is 11.9 Å². The van der Waals surface area contributed by atoms with Crippen molar-refractivity contribution in [1.82, 2.24) is 15.1 Å². The average molecular weight is 381 g/mol. The van der Waals surface area contributed by atoms with Crippen molar-refractivity contribution >= 4 is 23.7 Å². The molecule has 0 aromatic heterocycles. The topological polar surface area (TPSA) is 107 Å². The fourth-order valence-electron chi connectivity index (χ4n) is 3.78. The first-order valence-electron chi connectivity index (χ1n) is 9.82. The number of amides is 3. The van der Waals surface area contributed by atoms with Gasteiger partial charge in [-0.1, -0.05) is 12.8 Å². The predicted octanol–water partition coefficient (Wildman–Crippen LogP) is 0.853. The molecule has 1 heterocycles. The third-order valence-electron chi connectivity index (χ3n) is 5.59. The summed E-state index contributed by atoms with van der Waals surface area (Å²) >= 11 is 0. The lowest BCUT2D eigenvalue weighted by atomic mass is 9.97. The molecule has 27 heavy (non-hydrogen) atoms. The first-order chi connectivity index (χ1) is 12.8. The summed E-state index contributed by atoms with van der Waals surface area (Å²) in [4.78, 5) is 50.8. The molecule has 1 unspecified atom stereocenters. The zero-order chi connectivity index (χ0) is 20.0. The minimum atomic E-state index is -0.817. The van der Waals surface area contributed by atoms with Gasteiger partial charge in [-0.2, -0.15) is 0 Å². The second-order valence-corrected chi connectivity index (χ2v) is 7.84. The lowest BCUT2D eigenvalue weighted by Crippen LogP contribution is -2.46. The summed E-state index contributed by atoms with van der Waals surface area (Å²) in [5.41, 5.74) is 0. The Bertz CT molecular complexity index is 566. The van der Waals surface area contributed by atoms with E-state index in [2.05, 4.69) is 5.32 Å². The number of rotatable bonds is 7. The van der Waals surface area contributed by atoms with Gasteiger partial charge in [-0.25, -0.2) is 0 Å². The highest BCUT2D eigenvalue weighted by atomic mass is 16.4. The van der Waals surface area contributed by atoms with Crippen LogP contribution in [-0.4, -0.2) is 71.3 Å². The molecule has 0 aromatic rings. The number of carbonyl (C=O) groups excluding carboxylic acids is 3. The van der Waals surface area contributed by atoms with E-state index in [1.807, 2.05) is 0 Å². The van der Waals surface area contributed by atoms with Gasteiger partial charge in [0.15, 0.2) is 0 Å². The zero-order valence-electron chi connectivity index (χ0n) is 16.3. The molecule has 0 bridgehead atoms. The summed E-state index contributed by atoms with van der Waals surface area (Å²) in [5.74, 6) is -1.48. The number of hydrogen-bond donors (Lipinski definition) is 2. The minimum absolute atomic E-state index is 0.0211. The van der Waals surface area contributed by atoms with Crippen molar-refractivity contribution in [3.63, 3.8) is 0 Å². The van der Waals surface area contributed by atoms with Crippen LogP contribution in [0.25, 0.3) is 0 Å². The van der Waals surface area contributed by atoms with Gasteiger partial charge in [0, 0.05) is 38.5 Å². The van der Waals surface area contributed by atoms with Crippen molar-refractivity contribution in [2.75, 3.05) is 26.7 Å². The number of carboxylic acids is 1. The van der Waals surface area contributed by atoms with Gasteiger partial charge in [0.05, 0.1) is 12.5 Å². The third kappa shape index (κ3) is 6.22. The van der Waals surface area contributed by atoms with Gasteiger partial charge in [0.2, 0.25) is 17.7 Å². The Balaban J connectivity index is 1.72. The number of nitrogens with one attached hydrogen (secondary N) is 1. The van der Waals surface area contributed by atoms with Gasteiger partial charge in [-0.3, -0.25) is 19.2 Å². The maximum absolute atomic E-state index is 12.3. The Kier molecular flexibility index (Phi) is 7.62. The van der Waals surface area contributed by atoms with Gasteiger partial charge in [0.1, 0.15) is 0 Å². The molecule has 152 valence electrons. The van der Waals surface area contributed by atoms with E-state index in [4.69, 9.17) is 5.11 Å². The molecule has 0 radical (unpaired) electrons. The van der Waals surface area contributed by atoms with Crippen molar-refractivity contribution < 1.29 is 24.3 Å². The largest absolute Gasteiger partial charge is 0.481 e. The van der Waals surface area contributed by atoms with Crippen molar-refractivity contribution in [3.05, 3.63) is 0 Å². The summed E-state index contributed by atoms with van der Waals surface area (Å²) in [6, 6.07) is -0.269. The van der Waals surface area contributed by atoms with Crippen LogP contribution in [0.3, 0.4) is 0 Å². The van der Waals surface area contributed by atoms with Gasteiger partial charge >= 0.3 is 5.97 Å². The van der Waals surface area contributed by atoms with Crippen molar-refractivity contribution in [2.45, 2.75) is 57.9 Å². The monoisotopic (exact) mass is 381 g/mol. The molecule has 1 saturated carbocycles. The smallest absolute Gasteiger partial charge is 0.306 e. The SMILES string of the molecule is CC(CC(=O)N(C)CC(=O)N1CCC(C(=O)O)CC1)NC(=O)C1CCCC1. The predicted molar refractivity (Wildman–Crippen MR) is 98.8 cm³/mol. The van der Waals surface area contributed by atoms with E-state index in [1.165, 1.54) is 4.90 Å². The Hall–Kier alpha value is -2.12. The normalized spacial score (nSPS) is 19.6. The second kappa shape index (κ2) is 9.71. The lowest BCUT2D eigenvalue weighted by molar-refractivity contribution is -0.146. The molecule has 0 aromatic carbocycles. The highest BCUT2D eigenvalue weighted by molar-refractivity contribution is 5.86. The van der Waals surface area contributed by atoms with Crippen LogP contribution in [-0.2, 0) is 19.2 Å². The Morgan fingerprint density at radius 2 is 1.67 bits per heavy atom. The molecule has 2 rings (SSSR count). The van der Waals surface area contributed by atoms with E-state index in [-0.39, 0.29) is 42.6 Å². The molecule has 1 aliphatic heterocycles. The zero-order valence-corrected chi connectivity index (χ0v) is 16.3. The first-order valence-corrected chi connectivity index (χ1v) is 9.82. The summed E-state index contributed by atoms with van der Waals surface area (Å²) in [7, 11) is 1.58. The highest BCUT2D eigenvalue weighted by Gasteiger charge is 2.28. The van der Waals surface area contributed by atoms with Crippen molar-refractivity contribution in [1.29, 1.82) is 0 Å². The first kappa shape index (κ1) is 21.2. The van der Waals surface area contributed by atoms with E-state index in [0.29, 0.717) is 25.9 Å². The number of carbonyl (C=O) groups is 4. The molecule has 0 spiro atoms. The number of carboxylic acid groups (broad SMARTS) is 1. The van der Waals surface area contributed by atoms with Crippen LogP contribution in [0, 0.1) is 11.8 Å². The molecule has 2 fully saturated rings. The summed E-state index contributed by atoms with van der Waals surface area (Å²) in [6.45, 7) is 2.59. The lowest BCUT2D eigenvalue weighted by Gasteiger charge is -2.31. The second-order valence-electron chi connectivity index (χ2n) is 7.84. The van der Waals surface area contributed by atoms with Crippen LogP contribution in [0.15, 0.2) is 0 Å². The summed E-state index contributed by atoms with van der Waals surface area (Å²) in [5, 5.41) is 11.9. The molecule has 3 amide bonds. The van der Waals surface area contributed by atoms with Crippen LogP contribution in [0.4, 0.5) is 0 Å². The molecule has 1 atom stereocenters. The van der Waals surface area contributed by atoms with E-state index in [9.17, 15) is 19.2 Å². The molecule has 8 nitrogen and oxygen atoms in total. The van der Waals surface area contributed by atoms with Crippen LogP contribution in [0.2, 0.25) is 0 Å². The van der Waals surface area contributed by atoms with Crippen LogP contribution in [0.1, 0.15) is 51.9 Å². The summed E-state index contributed by atoms with van der Waals surface area (Å²) < 4.78 is 0. The van der Waals surface area contributed by atoms with Gasteiger partial charge in [0.25, 0.3) is 0 Å². The molecule has 2 aliphatic rings. The number of hydrogen-bond acceptors (Lipinski definition) is 4. The number of aliphatic carboxylic acids is 1. The number of likely N-dealkylation sites (tertiary alicyclic amines) is 1. The minimum Gasteiger partial charge on any atom is -0.481 e. The molecular formula is C19H31N3O5. The van der Waals surface area contributed by atoms with Gasteiger partial charge < -0.3 is 20.2 Å². The van der Waals surface area contributed by atoms with E-state index in [1.54, 1.807) is 18.9 Å². The standard InChI is InChI=1S/C19H31N3O5/c1-13(20-18(25)14-5-3-4-6-14)11-16(23)21(2)12-17(24)22-9-7-15(8-10-22)19(26)27/h13-15H,3-12H2,1-2H3,(H,20,25)(H,26,27). The van der Waals surface area contributed by atoms with Crippen LogP contribution in [0.5, 0.6) is 0 Å². The maximum atomic E-state index is 12.3. The molecular weight excluding hydrogens is 350 g/mol. The molecule has 2 N–H and O–H groups in total. The fourth-order valence-corrected chi connectivity index (χ4v) is 3.78. The van der Waals surface area contributed by atoms with Crippen molar-refractivity contribution in [3.8, 4) is 0 Å². The maximum Gasteiger partial charge on any atom is 0.306 e. The Morgan fingerprint density at radius 1 is 1.07 bits per heavy atom. The Morgan fingerprint density at radius 3 is 2.22 bits per heavy atom. The third-order valence-corrected chi connectivity index (χ3v) is 5.59. The van der Waals surface area contributed by atoms with E-state index >= 15 is 0 Å². The number of likely N-dealkylation sites (N-methyl/N-ethyl adjacent to an activating group) is 1. The van der Waals surface area contributed by atoms with Gasteiger partial charge in [-0.15, -0.1) is 0 Å². The molecule has 8 heteroatoms. The molecule has 1 saturated heterocycles. The number of piperidine rings is 1. The average Bonchev–Trinajstić information content (AvgIpc) is 3.16. The van der Waals surface area contributed by atoms with E-state index in [0.717, 1.165) is 25.7 Å². The number of nitrogens with zero attached hydrogens (tertiary/aromatic N) is 2. The fraction of sp³-hybridized carbons (Fsp3) is 0.789. The van der Waals surface area contributed by atoms with Gasteiger partial charge in [-0.05, 0) is 32.6 Å². The van der Waals surface area contributed by atoms with Crippen LogP contribution < -0.4 is 5.32 Å². The van der Waals surface area contributed by atoms with Crippen LogP contribution >= 0.6 is 0 Å². The molecule has 1 aliphatic carbocycles. The van der Waals surface area contributed by atoms with Crippen molar-refractivity contribution in [2.24, 2.45) is 11.8 Å².